The molecule has 0 bridgehead atoms. The van der Waals surface area contributed by atoms with Crippen molar-refractivity contribution in [2.45, 2.75) is 39.2 Å². The fourth-order valence-electron chi connectivity index (χ4n) is 7.91. The van der Waals surface area contributed by atoms with Crippen molar-refractivity contribution >= 4 is 35.1 Å². The van der Waals surface area contributed by atoms with E-state index in [4.69, 9.17) is 24.4 Å². The number of aliphatic hydroxyl groups is 2. The molecule has 5 N–H and O–H groups in total. The number of hydrogen-bond donors (Lipinski definition) is 5. The molecule has 0 saturated carbocycles. The Morgan fingerprint density at radius 1 is 0.721 bits per heavy atom. The Morgan fingerprint density at radius 2 is 1.41 bits per heavy atom. The maximum Gasteiger partial charge on any atom is 0.317 e. The number of nitrogens with zero attached hydrogens (tertiary/aromatic N) is 5. The molecule has 5 rings (SSSR count). The Kier molecular flexibility index (Phi) is 22.1. The van der Waals surface area contributed by atoms with Gasteiger partial charge in [-0.3, -0.25) is 19.4 Å². The fraction of sp³-hybridized carbons (Fsp3) is 0.471. The van der Waals surface area contributed by atoms with E-state index in [2.05, 4.69) is 56.7 Å². The second kappa shape index (κ2) is 28.4. The van der Waals surface area contributed by atoms with E-state index in [1.54, 1.807) is 54.5 Å². The summed E-state index contributed by atoms with van der Waals surface area (Å²) < 4.78 is 16.7. The summed E-state index contributed by atoms with van der Waals surface area (Å²) in [6.07, 6.45) is 4.50. The predicted octanol–water partition coefficient (Wildman–Crippen LogP) is 4.70. The molecule has 17 heteroatoms. The van der Waals surface area contributed by atoms with Crippen molar-refractivity contribution in [2.24, 2.45) is 0 Å². The van der Waals surface area contributed by atoms with Crippen LogP contribution in [-0.4, -0.2) is 173 Å². The van der Waals surface area contributed by atoms with Crippen LogP contribution in [0.15, 0.2) is 85.1 Å². The van der Waals surface area contributed by atoms with Crippen molar-refractivity contribution in [2.75, 3.05) is 130 Å². The highest BCUT2D eigenvalue weighted by Crippen LogP contribution is 2.33. The third-order valence-electron chi connectivity index (χ3n) is 11.8. The second-order valence-corrected chi connectivity index (χ2v) is 16.5. The zero-order valence-electron chi connectivity index (χ0n) is 40.1. The van der Waals surface area contributed by atoms with Gasteiger partial charge < -0.3 is 60.0 Å². The minimum atomic E-state index is -0.386. The number of carbonyl (C=O) groups excluding carboxylic acids is 4. The summed E-state index contributed by atoms with van der Waals surface area (Å²) in [6, 6.07) is 23.8. The molecule has 0 fully saturated rings. The van der Waals surface area contributed by atoms with Crippen molar-refractivity contribution in [3.8, 4) is 11.3 Å². The van der Waals surface area contributed by atoms with Gasteiger partial charge in [-0.2, -0.15) is 0 Å². The number of rotatable bonds is 28. The zero-order valence-corrected chi connectivity index (χ0v) is 40.1. The normalized spacial score (nSPS) is 13.1. The lowest BCUT2D eigenvalue weighted by molar-refractivity contribution is 0.0120. The van der Waals surface area contributed by atoms with Gasteiger partial charge in [0, 0.05) is 93.5 Å². The number of aliphatic hydroxyl groups excluding tert-OH is 2. The van der Waals surface area contributed by atoms with Crippen LogP contribution in [0.25, 0.3) is 11.3 Å². The molecule has 17 nitrogen and oxygen atoms in total. The number of hydrogen-bond acceptors (Lipinski definition) is 12. The summed E-state index contributed by atoms with van der Waals surface area (Å²) in [6.45, 7) is 10.0. The van der Waals surface area contributed by atoms with Gasteiger partial charge in [0.25, 0.3) is 17.7 Å². The number of pyridine rings is 1. The van der Waals surface area contributed by atoms with E-state index in [0.717, 1.165) is 43.6 Å². The first-order chi connectivity index (χ1) is 33.1. The van der Waals surface area contributed by atoms with Crippen LogP contribution in [0.2, 0.25) is 0 Å². The molecule has 0 spiro atoms. The SMILES string of the molecule is CCN(CC)c1ccc(NC(=O)c2cccc(C(=O)N(C)CCN(C)CCOCCOCCOCCNC(=O)N(CCO)CCO)c2)c(-c2cc(C(=O)N[C@H]3CCCc4ccccc43)ccn2)c1. The van der Waals surface area contributed by atoms with Crippen LogP contribution in [-0.2, 0) is 20.6 Å². The molecule has 0 saturated heterocycles. The number of likely N-dealkylation sites (N-methyl/N-ethyl adjacent to an activating group) is 2. The Labute approximate surface area is 400 Å². The molecule has 5 amide bonds. The van der Waals surface area contributed by atoms with Gasteiger partial charge in [-0.05, 0) is 99.8 Å². The quantitative estimate of drug-likeness (QED) is 0.0493. The maximum atomic E-state index is 13.9. The lowest BCUT2D eigenvalue weighted by Crippen LogP contribution is -2.44. The Balaban J connectivity index is 1.08. The van der Waals surface area contributed by atoms with E-state index in [0.29, 0.717) is 99.5 Å². The molecule has 368 valence electrons. The van der Waals surface area contributed by atoms with Crippen molar-refractivity contribution in [3.63, 3.8) is 0 Å². The van der Waals surface area contributed by atoms with Gasteiger partial charge in [0.1, 0.15) is 0 Å². The minimum absolute atomic E-state index is 0.0743. The number of amides is 5. The number of anilines is 2. The average Bonchev–Trinajstić information content (AvgIpc) is 3.36. The average molecular weight is 939 g/mol. The van der Waals surface area contributed by atoms with Crippen molar-refractivity contribution in [1.29, 1.82) is 0 Å². The minimum Gasteiger partial charge on any atom is -0.395 e. The smallest absolute Gasteiger partial charge is 0.317 e. The second-order valence-electron chi connectivity index (χ2n) is 16.5. The molecule has 1 aliphatic carbocycles. The van der Waals surface area contributed by atoms with Gasteiger partial charge >= 0.3 is 6.03 Å². The Hall–Kier alpha value is -5.95. The number of ether oxygens (including phenoxy) is 3. The zero-order chi connectivity index (χ0) is 48.7. The number of aromatic nitrogens is 1. The Bertz CT molecular complexity index is 2220. The van der Waals surface area contributed by atoms with Gasteiger partial charge in [-0.15, -0.1) is 0 Å². The van der Waals surface area contributed by atoms with E-state index in [-0.39, 0.29) is 56.1 Å². The number of fused-ring (bicyclic) bond motifs is 1. The molecule has 1 aromatic heterocycles. The molecular formula is C51H70N8O9. The first kappa shape index (κ1) is 53.0. The van der Waals surface area contributed by atoms with Crippen molar-refractivity contribution in [1.82, 2.24) is 30.3 Å². The largest absolute Gasteiger partial charge is 0.395 e. The fourth-order valence-corrected chi connectivity index (χ4v) is 7.91. The first-order valence-corrected chi connectivity index (χ1v) is 23.6. The molecule has 4 aromatic rings. The molecule has 68 heavy (non-hydrogen) atoms. The van der Waals surface area contributed by atoms with Crippen LogP contribution in [0.4, 0.5) is 16.2 Å². The van der Waals surface area contributed by atoms with Crippen LogP contribution in [0.1, 0.15) is 74.9 Å². The van der Waals surface area contributed by atoms with Crippen LogP contribution >= 0.6 is 0 Å². The van der Waals surface area contributed by atoms with E-state index < -0.39 is 0 Å². The Morgan fingerprint density at radius 3 is 2.15 bits per heavy atom. The highest BCUT2D eigenvalue weighted by Gasteiger charge is 2.23. The molecule has 0 radical (unpaired) electrons. The highest BCUT2D eigenvalue weighted by atomic mass is 16.5. The van der Waals surface area contributed by atoms with Crippen LogP contribution in [0.3, 0.4) is 0 Å². The topological polar surface area (TPSA) is 198 Å². The van der Waals surface area contributed by atoms with E-state index in [1.807, 2.05) is 37.4 Å². The lowest BCUT2D eigenvalue weighted by Gasteiger charge is -2.26. The van der Waals surface area contributed by atoms with Crippen molar-refractivity contribution in [3.05, 3.63) is 113 Å². The summed E-state index contributed by atoms with van der Waals surface area (Å²) >= 11 is 0. The molecule has 1 aliphatic rings. The van der Waals surface area contributed by atoms with Gasteiger partial charge in [0.15, 0.2) is 0 Å². The van der Waals surface area contributed by atoms with Gasteiger partial charge in [-0.1, -0.05) is 30.3 Å². The van der Waals surface area contributed by atoms with E-state index >= 15 is 0 Å². The van der Waals surface area contributed by atoms with E-state index in [1.165, 1.54) is 10.5 Å². The molecule has 0 aliphatic heterocycles. The molecule has 3 aromatic carbocycles. The number of urea groups is 1. The lowest BCUT2D eigenvalue weighted by atomic mass is 9.87. The number of aryl methyl sites for hydroxylation is 1. The molecule has 1 atom stereocenters. The van der Waals surface area contributed by atoms with Gasteiger partial charge in [0.2, 0.25) is 0 Å². The number of benzene rings is 3. The van der Waals surface area contributed by atoms with Crippen LogP contribution in [0, 0.1) is 0 Å². The summed E-state index contributed by atoms with van der Waals surface area (Å²) in [4.78, 5) is 65.1. The van der Waals surface area contributed by atoms with E-state index in [9.17, 15) is 19.2 Å². The van der Waals surface area contributed by atoms with Crippen molar-refractivity contribution < 1.29 is 43.6 Å². The summed E-state index contributed by atoms with van der Waals surface area (Å²) in [5.74, 6) is -0.782. The monoisotopic (exact) mass is 939 g/mol. The van der Waals surface area contributed by atoms with Gasteiger partial charge in [-0.25, -0.2) is 4.79 Å². The predicted molar refractivity (Wildman–Crippen MR) is 263 cm³/mol. The summed E-state index contributed by atoms with van der Waals surface area (Å²) in [5, 5.41) is 27.1. The van der Waals surface area contributed by atoms with Gasteiger partial charge in [0.05, 0.1) is 70.3 Å². The third kappa shape index (κ3) is 16.1. The van der Waals surface area contributed by atoms with Crippen LogP contribution < -0.4 is 20.9 Å². The molecule has 0 unspecified atom stereocenters. The summed E-state index contributed by atoms with van der Waals surface area (Å²) in [5.41, 5.74) is 6.30. The standard InChI is InChI=1S/C51H70N8O9/c1-5-58(6-2)42-17-18-46(44(37-42)47-36-40(19-20-52-47)49(63)54-45-16-10-12-38-11-7-8-15-43(38)45)55-48(62)39-13-9-14-41(35-39)50(64)57(4)23-22-56(3)26-30-67-32-34-68-33-31-66-29-21-53-51(65)59(24-27-60)25-28-61/h7-9,11,13-15,17-20,35-37,45,60-61H,5-6,10,12,16,21-34H2,1-4H3,(H,53,65)(H,54,63)(H,55,62)/t45-/m0/s1. The molecule has 1 heterocycles. The highest BCUT2D eigenvalue weighted by molar-refractivity contribution is 6.08. The number of carbonyl (C=O) groups is 4. The maximum absolute atomic E-state index is 13.9. The third-order valence-corrected chi connectivity index (χ3v) is 11.8. The first-order valence-electron chi connectivity index (χ1n) is 23.6. The summed E-state index contributed by atoms with van der Waals surface area (Å²) in [7, 11) is 3.70. The number of nitrogens with one attached hydrogen (secondary N) is 3. The van der Waals surface area contributed by atoms with Crippen LogP contribution in [0.5, 0.6) is 0 Å². The molecular weight excluding hydrogens is 869 g/mol.